The highest BCUT2D eigenvalue weighted by atomic mass is 28.4. The van der Waals surface area contributed by atoms with Crippen LogP contribution in [0.15, 0.2) is 0 Å². The van der Waals surface area contributed by atoms with Crippen LogP contribution in [0.1, 0.15) is 34.1 Å². The molecule has 0 unspecified atom stereocenters. The van der Waals surface area contributed by atoms with Crippen LogP contribution in [-0.4, -0.2) is 36.1 Å². The van der Waals surface area contributed by atoms with E-state index in [1.165, 1.54) is 0 Å². The predicted octanol–water partition coefficient (Wildman–Crippen LogP) is 4.95. The van der Waals surface area contributed by atoms with Crippen molar-refractivity contribution >= 4 is 22.9 Å². The number of carbonyl (C=O) groups excluding carboxylic acids is 1. The van der Waals surface area contributed by atoms with Gasteiger partial charge in [0.25, 0.3) is 0 Å². The predicted molar refractivity (Wildman–Crippen MR) is 100 cm³/mol. The summed E-state index contributed by atoms with van der Waals surface area (Å²) in [7, 11) is -3.24. The summed E-state index contributed by atoms with van der Waals surface area (Å²) in [4.78, 5) is 10.9. The Morgan fingerprint density at radius 3 is 1.45 bits per heavy atom. The minimum absolute atomic E-state index is 0.204. The van der Waals surface area contributed by atoms with E-state index in [1.54, 1.807) is 0 Å². The molecule has 0 atom stereocenters. The first-order valence-electron chi connectivity index (χ1n) is 8.69. The summed E-state index contributed by atoms with van der Waals surface area (Å²) < 4.78 is 12.4. The zero-order valence-corrected chi connectivity index (χ0v) is 18.1. The molecule has 0 aliphatic heterocycles. The minimum Gasteiger partial charge on any atom is -0.417 e. The normalized spacial score (nSPS) is 13.4. The van der Waals surface area contributed by atoms with E-state index >= 15 is 0 Å². The highest BCUT2D eigenvalue weighted by Crippen LogP contribution is 2.22. The highest BCUT2D eigenvalue weighted by molar-refractivity contribution is 6.71. The van der Waals surface area contributed by atoms with Crippen LogP contribution in [0.4, 0.5) is 0 Å². The van der Waals surface area contributed by atoms with Gasteiger partial charge in [-0.1, -0.05) is 27.7 Å². The second-order valence-corrected chi connectivity index (χ2v) is 17.0. The zero-order chi connectivity index (χ0) is 17.4. The van der Waals surface area contributed by atoms with E-state index < -0.39 is 16.6 Å². The molecule has 0 N–H and O–H groups in total. The van der Waals surface area contributed by atoms with Crippen molar-refractivity contribution in [2.45, 2.75) is 72.4 Å². The van der Waals surface area contributed by atoms with Crippen LogP contribution < -0.4 is 0 Å². The van der Waals surface area contributed by atoms with Crippen LogP contribution in [0.25, 0.3) is 0 Å². The fourth-order valence-corrected chi connectivity index (χ4v) is 8.63. The van der Waals surface area contributed by atoms with Gasteiger partial charge in [-0.3, -0.25) is 0 Å². The Morgan fingerprint density at radius 2 is 1.18 bits per heavy atom. The van der Waals surface area contributed by atoms with Crippen LogP contribution in [0.5, 0.6) is 0 Å². The Bertz CT molecular complexity index is 289. The van der Waals surface area contributed by atoms with Gasteiger partial charge in [-0.05, 0) is 50.1 Å². The molecule has 22 heavy (non-hydrogen) atoms. The fourth-order valence-electron chi connectivity index (χ4n) is 3.09. The first-order chi connectivity index (χ1) is 9.97. The summed E-state index contributed by atoms with van der Waals surface area (Å²) in [5.74, 6) is 1.54. The Morgan fingerprint density at radius 1 is 0.818 bits per heavy atom. The molecule has 0 fully saturated rings. The highest BCUT2D eigenvalue weighted by Gasteiger charge is 2.28. The van der Waals surface area contributed by atoms with Gasteiger partial charge in [0, 0.05) is 25.6 Å². The minimum atomic E-state index is -1.62. The lowest BCUT2D eigenvalue weighted by Crippen LogP contribution is -2.37. The molecule has 0 heterocycles. The van der Waals surface area contributed by atoms with Gasteiger partial charge < -0.3 is 13.6 Å². The molecule has 0 saturated carbocycles. The summed E-state index contributed by atoms with van der Waals surface area (Å²) in [5.41, 5.74) is 0. The maximum absolute atomic E-state index is 10.9. The summed E-state index contributed by atoms with van der Waals surface area (Å²) in [6.07, 6.45) is 1.55. The third-order valence-corrected chi connectivity index (χ3v) is 9.14. The van der Waals surface area contributed by atoms with Crippen molar-refractivity contribution in [2.24, 2.45) is 17.8 Å². The summed E-state index contributed by atoms with van der Waals surface area (Å²) >= 11 is 0. The molecule has 0 aromatic rings. The van der Waals surface area contributed by atoms with Crippen LogP contribution in [0, 0.1) is 17.8 Å². The number of carbonyl (C=O) groups is 1. The lowest BCUT2D eigenvalue weighted by molar-refractivity contribution is -0.109. The van der Waals surface area contributed by atoms with Crippen LogP contribution in [0.2, 0.25) is 38.3 Å². The molecule has 0 aliphatic carbocycles. The number of rotatable bonds is 12. The van der Waals surface area contributed by atoms with Gasteiger partial charge in [-0.15, -0.1) is 0 Å². The lowest BCUT2D eigenvalue weighted by Gasteiger charge is -2.30. The van der Waals surface area contributed by atoms with E-state index in [-0.39, 0.29) is 5.92 Å². The molecule has 0 radical (unpaired) electrons. The molecule has 0 bridgehead atoms. The maximum Gasteiger partial charge on any atom is 0.186 e. The molecule has 5 heteroatoms. The smallest absolute Gasteiger partial charge is 0.186 e. The maximum atomic E-state index is 10.9. The largest absolute Gasteiger partial charge is 0.417 e. The van der Waals surface area contributed by atoms with Crippen LogP contribution >= 0.6 is 0 Å². The number of hydrogen-bond acceptors (Lipinski definition) is 3. The SMILES string of the molecule is CC(C)C[Si](C)(C)OCC(CC=O)CO[Si](C)(C)CC(C)C. The van der Waals surface area contributed by atoms with E-state index in [4.69, 9.17) is 8.85 Å². The topological polar surface area (TPSA) is 35.5 Å². The van der Waals surface area contributed by atoms with Gasteiger partial charge in [0.2, 0.25) is 0 Å². The molecular weight excluding hydrogens is 308 g/mol. The Kier molecular flexibility index (Phi) is 10.0. The monoisotopic (exact) mass is 346 g/mol. The van der Waals surface area contributed by atoms with Crippen molar-refractivity contribution in [1.82, 2.24) is 0 Å². The third kappa shape index (κ3) is 11.6. The van der Waals surface area contributed by atoms with E-state index in [9.17, 15) is 4.79 Å². The second kappa shape index (κ2) is 10.0. The Labute approximate surface area is 140 Å². The van der Waals surface area contributed by atoms with Gasteiger partial charge >= 0.3 is 0 Å². The summed E-state index contributed by atoms with van der Waals surface area (Å²) in [5, 5.41) is 0. The second-order valence-electron chi connectivity index (χ2n) is 8.61. The summed E-state index contributed by atoms with van der Waals surface area (Å²) in [6, 6.07) is 2.32. The molecule has 0 aromatic carbocycles. The van der Waals surface area contributed by atoms with Gasteiger partial charge in [-0.25, -0.2) is 0 Å². The molecule has 0 spiro atoms. The van der Waals surface area contributed by atoms with Crippen LogP contribution in [-0.2, 0) is 13.6 Å². The molecule has 0 rings (SSSR count). The van der Waals surface area contributed by atoms with Crippen molar-refractivity contribution in [3.05, 3.63) is 0 Å². The van der Waals surface area contributed by atoms with Crippen molar-refractivity contribution < 1.29 is 13.6 Å². The third-order valence-electron chi connectivity index (χ3n) is 3.65. The fraction of sp³-hybridized carbons (Fsp3) is 0.941. The first-order valence-corrected chi connectivity index (χ1v) is 14.9. The average Bonchev–Trinajstić information content (AvgIpc) is 2.29. The van der Waals surface area contributed by atoms with Gasteiger partial charge in [0.15, 0.2) is 16.6 Å². The lowest BCUT2D eigenvalue weighted by atomic mass is 10.1. The van der Waals surface area contributed by atoms with E-state index in [0.29, 0.717) is 31.5 Å². The summed E-state index contributed by atoms with van der Waals surface area (Å²) in [6.45, 7) is 19.4. The molecule has 0 aromatic heterocycles. The molecule has 0 amide bonds. The van der Waals surface area contributed by atoms with Crippen LogP contribution in [0.3, 0.4) is 0 Å². The van der Waals surface area contributed by atoms with E-state index in [0.717, 1.165) is 18.4 Å². The first kappa shape index (κ1) is 22.0. The standard InChI is InChI=1S/C17H38O3Si2/c1-15(2)13-21(5,6)19-11-17(9-10-18)12-20-22(7,8)14-16(3)4/h10,15-17H,9,11-14H2,1-8H3. The molecule has 132 valence electrons. The van der Waals surface area contributed by atoms with Crippen molar-refractivity contribution in [1.29, 1.82) is 0 Å². The van der Waals surface area contributed by atoms with Crippen molar-refractivity contribution in [2.75, 3.05) is 13.2 Å². The molecular formula is C17H38O3Si2. The Balaban J connectivity index is 4.40. The number of aldehydes is 1. The van der Waals surface area contributed by atoms with Gasteiger partial charge in [-0.2, -0.15) is 0 Å². The zero-order valence-electron chi connectivity index (χ0n) is 16.1. The van der Waals surface area contributed by atoms with Crippen molar-refractivity contribution in [3.8, 4) is 0 Å². The molecule has 0 aliphatic rings. The molecule has 3 nitrogen and oxygen atoms in total. The quantitative estimate of drug-likeness (QED) is 0.370. The van der Waals surface area contributed by atoms with Gasteiger partial charge in [0.1, 0.15) is 6.29 Å². The van der Waals surface area contributed by atoms with Crippen molar-refractivity contribution in [3.63, 3.8) is 0 Å². The van der Waals surface area contributed by atoms with Gasteiger partial charge in [0.05, 0.1) is 0 Å². The molecule has 0 saturated heterocycles. The van der Waals surface area contributed by atoms with E-state index in [1.807, 2.05) is 0 Å². The van der Waals surface area contributed by atoms with E-state index in [2.05, 4.69) is 53.9 Å². The Hall–Kier alpha value is 0.0238. The number of hydrogen-bond donors (Lipinski definition) is 0. The average molecular weight is 347 g/mol.